The van der Waals surface area contributed by atoms with E-state index in [1.54, 1.807) is 12.3 Å². The Kier molecular flexibility index (Phi) is 2.78. The molecule has 0 aliphatic rings. The van der Waals surface area contributed by atoms with Gasteiger partial charge in [0.15, 0.2) is 0 Å². The van der Waals surface area contributed by atoms with E-state index >= 15 is 0 Å². The zero-order valence-corrected chi connectivity index (χ0v) is 8.17. The lowest BCUT2D eigenvalue weighted by molar-refractivity contribution is 0.985. The molecule has 1 aromatic heterocycles. The number of rotatable bonds is 3. The van der Waals surface area contributed by atoms with Crippen LogP contribution in [-0.4, -0.2) is 16.7 Å². The maximum Gasteiger partial charge on any atom is 0.203 e. The molecule has 2 rings (SSSR count). The smallest absolute Gasteiger partial charge is 0.183 e. The van der Waals surface area contributed by atoms with E-state index in [1.165, 1.54) is 0 Å². The Morgan fingerprint density at radius 3 is 3.07 bits per heavy atom. The molecule has 74 valence electrons. The molecule has 15 heavy (non-hydrogen) atoms. The highest BCUT2D eigenvalue weighted by Gasteiger charge is 1.99. The molecule has 0 amide bonds. The Labute approximate surface area is 87.4 Å². The summed E-state index contributed by atoms with van der Waals surface area (Å²) in [4.78, 5) is 0. The minimum Gasteiger partial charge on any atom is -0.183 e. The molecule has 0 radical (unpaired) electrons. The van der Waals surface area contributed by atoms with Crippen molar-refractivity contribution in [2.45, 2.75) is 0 Å². The first-order chi connectivity index (χ1) is 7.42. The molecule has 0 N–H and O–H groups in total. The number of aromatic nitrogens is 2. The van der Waals surface area contributed by atoms with Crippen LogP contribution in [0.25, 0.3) is 10.8 Å². The lowest BCUT2D eigenvalue weighted by atomic mass is 10.2. The van der Waals surface area contributed by atoms with E-state index in [2.05, 4.69) is 27.0 Å². The largest absolute Gasteiger partial charge is 0.203 e. The van der Waals surface area contributed by atoms with Crippen LogP contribution in [0.3, 0.4) is 0 Å². The Hall–Kier alpha value is -2.10. The van der Waals surface area contributed by atoms with Crippen LogP contribution in [0.15, 0.2) is 53.3 Å². The highest BCUT2D eigenvalue weighted by Crippen LogP contribution is 2.21. The average molecular weight is 198 g/mol. The van der Waals surface area contributed by atoms with Gasteiger partial charge in [-0.05, 0) is 0 Å². The van der Waals surface area contributed by atoms with E-state index in [9.17, 15) is 0 Å². The Morgan fingerprint density at radius 2 is 2.20 bits per heavy atom. The van der Waals surface area contributed by atoms with Crippen LogP contribution in [0.4, 0.5) is 5.82 Å². The Bertz CT molecular complexity index is 499. The number of hydrogen-bond acceptors (Lipinski definition) is 4. The van der Waals surface area contributed by atoms with Gasteiger partial charge in [0.1, 0.15) is 0 Å². The van der Waals surface area contributed by atoms with Crippen molar-refractivity contribution in [2.75, 3.05) is 6.54 Å². The van der Waals surface area contributed by atoms with Gasteiger partial charge in [-0.1, -0.05) is 30.3 Å². The maximum atomic E-state index is 4.00. The molecule has 2 aromatic rings. The van der Waals surface area contributed by atoms with E-state index < -0.39 is 0 Å². The second-order valence-electron chi connectivity index (χ2n) is 2.97. The zero-order valence-electron chi connectivity index (χ0n) is 8.17. The molecule has 1 aromatic carbocycles. The second-order valence-corrected chi connectivity index (χ2v) is 2.97. The maximum absolute atomic E-state index is 4.00. The van der Waals surface area contributed by atoms with Crippen LogP contribution in [-0.2, 0) is 0 Å². The first-order valence-corrected chi connectivity index (χ1v) is 4.60. The van der Waals surface area contributed by atoms with Crippen molar-refractivity contribution in [1.82, 2.24) is 10.2 Å². The SMILES string of the molecule is C=CCN=Nc1nncc2ccccc12. The predicted molar refractivity (Wildman–Crippen MR) is 59.1 cm³/mol. The van der Waals surface area contributed by atoms with Crippen LogP contribution in [0.1, 0.15) is 0 Å². The van der Waals surface area contributed by atoms with Gasteiger partial charge in [0.25, 0.3) is 0 Å². The van der Waals surface area contributed by atoms with E-state index in [0.717, 1.165) is 10.8 Å². The highest BCUT2D eigenvalue weighted by atomic mass is 15.2. The van der Waals surface area contributed by atoms with E-state index in [1.807, 2.05) is 24.3 Å². The molecule has 0 aliphatic heterocycles. The molecular formula is C11H10N4. The minimum atomic E-state index is 0.491. The zero-order chi connectivity index (χ0) is 10.5. The summed E-state index contributed by atoms with van der Waals surface area (Å²) in [6, 6.07) is 7.81. The molecule has 4 heteroatoms. The molecule has 0 unspecified atom stereocenters. The van der Waals surface area contributed by atoms with Crippen molar-refractivity contribution in [3.05, 3.63) is 43.1 Å². The third-order valence-corrected chi connectivity index (χ3v) is 1.93. The summed E-state index contributed by atoms with van der Waals surface area (Å²) >= 11 is 0. The van der Waals surface area contributed by atoms with Gasteiger partial charge >= 0.3 is 0 Å². The van der Waals surface area contributed by atoms with Gasteiger partial charge < -0.3 is 0 Å². The number of nitrogens with zero attached hydrogens (tertiary/aromatic N) is 4. The second kappa shape index (κ2) is 4.41. The molecular weight excluding hydrogens is 188 g/mol. The van der Waals surface area contributed by atoms with Crippen LogP contribution < -0.4 is 0 Å². The summed E-state index contributed by atoms with van der Waals surface area (Å²) in [6.45, 7) is 4.06. The van der Waals surface area contributed by atoms with E-state index in [4.69, 9.17) is 0 Å². The number of fused-ring (bicyclic) bond motifs is 1. The molecule has 0 aliphatic carbocycles. The first kappa shape index (κ1) is 9.45. The molecule has 4 nitrogen and oxygen atoms in total. The van der Waals surface area contributed by atoms with Crippen molar-refractivity contribution >= 4 is 16.6 Å². The quantitative estimate of drug-likeness (QED) is 0.562. The van der Waals surface area contributed by atoms with Gasteiger partial charge in [-0.25, -0.2) is 0 Å². The molecule has 0 spiro atoms. The number of benzene rings is 1. The summed E-state index contributed by atoms with van der Waals surface area (Å²) in [7, 11) is 0. The fourth-order valence-corrected chi connectivity index (χ4v) is 1.25. The molecule has 0 bridgehead atoms. The van der Waals surface area contributed by atoms with Crippen LogP contribution in [0, 0.1) is 0 Å². The summed E-state index contributed by atoms with van der Waals surface area (Å²) in [5, 5.41) is 17.7. The standard InChI is InChI=1S/C11H10N4/c1-2-7-12-14-11-10-6-4-3-5-9(10)8-13-15-11/h2-6,8H,1,7H2. The normalized spacial score (nSPS) is 10.9. The van der Waals surface area contributed by atoms with Gasteiger partial charge in [0.05, 0.1) is 12.7 Å². The lowest BCUT2D eigenvalue weighted by Crippen LogP contribution is -1.82. The van der Waals surface area contributed by atoms with Crippen LogP contribution >= 0.6 is 0 Å². The third kappa shape index (κ3) is 2.04. The highest BCUT2D eigenvalue weighted by molar-refractivity contribution is 5.89. The summed E-state index contributed by atoms with van der Waals surface area (Å²) < 4.78 is 0. The lowest BCUT2D eigenvalue weighted by Gasteiger charge is -1.97. The fraction of sp³-hybridized carbons (Fsp3) is 0.0909. The van der Waals surface area contributed by atoms with Gasteiger partial charge in [0, 0.05) is 10.8 Å². The molecule has 0 saturated heterocycles. The molecule has 1 heterocycles. The summed E-state index contributed by atoms with van der Waals surface area (Å²) in [5.41, 5.74) is 0. The van der Waals surface area contributed by atoms with Crippen molar-refractivity contribution in [2.24, 2.45) is 10.2 Å². The monoisotopic (exact) mass is 198 g/mol. The van der Waals surface area contributed by atoms with Crippen molar-refractivity contribution < 1.29 is 0 Å². The third-order valence-electron chi connectivity index (χ3n) is 1.93. The molecule has 0 atom stereocenters. The molecule has 0 fully saturated rings. The van der Waals surface area contributed by atoms with Gasteiger partial charge in [-0.3, -0.25) is 0 Å². The minimum absolute atomic E-state index is 0.491. The topological polar surface area (TPSA) is 50.5 Å². The van der Waals surface area contributed by atoms with Crippen LogP contribution in [0.2, 0.25) is 0 Å². The first-order valence-electron chi connectivity index (χ1n) is 4.60. The number of azo groups is 1. The Balaban J connectivity index is 2.46. The summed E-state index contributed by atoms with van der Waals surface area (Å²) in [5.74, 6) is 0.551. The average Bonchev–Trinajstić information content (AvgIpc) is 2.30. The van der Waals surface area contributed by atoms with Crippen molar-refractivity contribution in [3.63, 3.8) is 0 Å². The van der Waals surface area contributed by atoms with Crippen molar-refractivity contribution in [3.8, 4) is 0 Å². The van der Waals surface area contributed by atoms with Gasteiger partial charge in [-0.2, -0.15) is 10.2 Å². The predicted octanol–water partition coefficient (Wildman–Crippen LogP) is 2.90. The van der Waals surface area contributed by atoms with Gasteiger partial charge in [-0.15, -0.1) is 16.8 Å². The fourth-order valence-electron chi connectivity index (χ4n) is 1.25. The Morgan fingerprint density at radius 1 is 1.33 bits per heavy atom. The van der Waals surface area contributed by atoms with Gasteiger partial charge in [0.2, 0.25) is 5.82 Å². The van der Waals surface area contributed by atoms with Crippen LogP contribution in [0.5, 0.6) is 0 Å². The summed E-state index contributed by atoms with van der Waals surface area (Å²) in [6.07, 6.45) is 3.39. The van der Waals surface area contributed by atoms with E-state index in [-0.39, 0.29) is 0 Å². The number of hydrogen-bond donors (Lipinski definition) is 0. The molecule has 0 saturated carbocycles. The van der Waals surface area contributed by atoms with E-state index in [0.29, 0.717) is 12.4 Å². The van der Waals surface area contributed by atoms with Crippen molar-refractivity contribution in [1.29, 1.82) is 0 Å².